The van der Waals surface area contributed by atoms with Crippen LogP contribution >= 0.6 is 11.3 Å². The molecule has 0 amide bonds. The van der Waals surface area contributed by atoms with Crippen molar-refractivity contribution in [3.05, 3.63) is 131 Å². The molecule has 52 heavy (non-hydrogen) atoms. The summed E-state index contributed by atoms with van der Waals surface area (Å²) in [7, 11) is -2.60. The highest BCUT2D eigenvalue weighted by molar-refractivity contribution is 7.24. The summed E-state index contributed by atoms with van der Waals surface area (Å²) in [6, 6.07) is 27.9. The molecule has 0 aliphatic carbocycles. The van der Waals surface area contributed by atoms with Crippen LogP contribution in [0.1, 0.15) is 63.7 Å². The molecular formula is C46H43N3OSSi. The fourth-order valence-electron chi connectivity index (χ4n) is 7.77. The van der Waals surface area contributed by atoms with Crippen molar-refractivity contribution in [2.75, 3.05) is 0 Å². The van der Waals surface area contributed by atoms with Crippen LogP contribution in [-0.2, 0) is 11.4 Å². The van der Waals surface area contributed by atoms with Crippen LogP contribution in [0.5, 0.6) is 11.6 Å². The molecule has 5 aromatic carbocycles. The monoisotopic (exact) mass is 724 g/mol. The molecule has 8 aromatic rings. The molecule has 6 heteroatoms. The molecule has 1 aliphatic heterocycles. The van der Waals surface area contributed by atoms with E-state index in [4.69, 9.17) is 24.8 Å². The van der Waals surface area contributed by atoms with Crippen molar-refractivity contribution in [2.45, 2.75) is 65.8 Å². The molecular weight excluding hydrogens is 671 g/mol. The Balaban J connectivity index is 1.36. The van der Waals surface area contributed by atoms with Crippen LogP contribution in [0, 0.1) is 20.6 Å². The first-order valence-corrected chi connectivity index (χ1v) is 21.1. The van der Waals surface area contributed by atoms with Crippen LogP contribution < -0.4 is 9.92 Å². The van der Waals surface area contributed by atoms with Gasteiger partial charge in [0.1, 0.15) is 5.75 Å². The maximum absolute atomic E-state index is 8.95. The van der Waals surface area contributed by atoms with Gasteiger partial charge in [0.15, 0.2) is 4.96 Å². The normalized spacial score (nSPS) is 18.8. The second kappa shape index (κ2) is 11.7. The zero-order valence-corrected chi connectivity index (χ0v) is 31.3. The van der Waals surface area contributed by atoms with E-state index in [9.17, 15) is 0 Å². The number of hydrogen-bond acceptors (Lipinski definition) is 4. The number of thiazole rings is 1. The number of fused-ring (bicyclic) bond motifs is 7. The second-order valence-corrected chi connectivity index (χ2v) is 20.5. The Kier molecular flexibility index (Phi) is 5.15. The molecule has 0 unspecified atom stereocenters. The van der Waals surface area contributed by atoms with Gasteiger partial charge in [-0.3, -0.25) is 4.40 Å². The fourth-order valence-corrected chi connectivity index (χ4v) is 11.8. The third-order valence-corrected chi connectivity index (χ3v) is 17.5. The summed E-state index contributed by atoms with van der Waals surface area (Å²) < 4.78 is 106. The Morgan fingerprint density at radius 1 is 0.808 bits per heavy atom. The summed E-state index contributed by atoms with van der Waals surface area (Å²) in [6.07, 6.45) is -0.222. The van der Waals surface area contributed by atoms with Gasteiger partial charge in [-0.1, -0.05) is 106 Å². The van der Waals surface area contributed by atoms with Crippen molar-refractivity contribution < 1.29 is 19.8 Å². The number of imidazole rings is 1. The lowest BCUT2D eigenvalue weighted by Gasteiger charge is -2.39. The molecule has 9 rings (SSSR count). The lowest BCUT2D eigenvalue weighted by molar-refractivity contribution is 0.457. The largest absolute Gasteiger partial charge is 0.438 e. The fraction of sp³-hybridized carbons (Fsp3) is 0.217. The molecule has 4 heterocycles. The van der Waals surface area contributed by atoms with Crippen LogP contribution in [0.2, 0.25) is 13.1 Å². The predicted molar refractivity (Wildman–Crippen MR) is 222 cm³/mol. The van der Waals surface area contributed by atoms with Crippen molar-refractivity contribution in [1.82, 2.24) is 14.4 Å². The molecule has 258 valence electrons. The van der Waals surface area contributed by atoms with Crippen LogP contribution in [0.25, 0.3) is 59.6 Å². The topological polar surface area (TPSA) is 39.4 Å². The highest BCUT2D eigenvalue weighted by Gasteiger charge is 2.48. The molecule has 0 bridgehead atoms. The van der Waals surface area contributed by atoms with E-state index in [1.807, 2.05) is 52.9 Å². The smallest absolute Gasteiger partial charge is 0.222 e. The van der Waals surface area contributed by atoms with Crippen LogP contribution in [0.15, 0.2) is 103 Å². The van der Waals surface area contributed by atoms with Crippen LogP contribution in [-0.4, -0.2) is 22.4 Å². The average Bonchev–Trinajstić information content (AvgIpc) is 3.73. The maximum atomic E-state index is 8.95. The van der Waals surface area contributed by atoms with E-state index in [0.717, 1.165) is 32.0 Å². The lowest BCUT2D eigenvalue weighted by atomic mass is 9.88. The Labute approximate surface area is 326 Å². The van der Waals surface area contributed by atoms with Crippen molar-refractivity contribution in [3.8, 4) is 45.0 Å². The minimum atomic E-state index is -2.74. The number of para-hydroxylation sites is 2. The number of ether oxygens (including phenoxy) is 1. The summed E-state index contributed by atoms with van der Waals surface area (Å²) in [4.78, 5) is 10.2. The third kappa shape index (κ3) is 4.70. The highest BCUT2D eigenvalue weighted by atomic mass is 32.1. The van der Waals surface area contributed by atoms with E-state index >= 15 is 0 Å². The first-order chi connectivity index (χ1) is 29.3. The van der Waals surface area contributed by atoms with Crippen molar-refractivity contribution in [1.29, 1.82) is 0 Å². The Morgan fingerprint density at radius 3 is 2.25 bits per heavy atom. The number of pyridine rings is 1. The quantitative estimate of drug-likeness (QED) is 0.170. The standard InChI is InChI=1S/C46H43N3OSSi/c1-9-30-21-22-38-43(51-45-48-36-14-10-11-15-37(36)49(38)45)41(30)32-20-17-28(3)34(26-32)33-25-31(19-16-27(33)2)40-29(4)18-23-39-42(40)50-44-35(13-12-24-47-44)46(5,6)52(39,7)8/h10-26H,9H2,1-8H3/i2D3,3D3,4D3,9D2. The number of aromatic nitrogens is 3. The SMILES string of the molecule is [2H]C([2H])([2H])c1ccc(-c2c(C([2H])([2H])[2H])ccc3c2Oc2ncccc2C(C)(C)[Si]3(C)C)cc1-c1cc(-c2c(C([2H])([2H])C)ccc3c2sc2nc4ccccc4n23)ccc1C([2H])([2H])[2H]. The van der Waals surface area contributed by atoms with E-state index in [1.165, 1.54) is 30.4 Å². The molecule has 0 saturated carbocycles. The summed E-state index contributed by atoms with van der Waals surface area (Å²) in [6.45, 7) is 2.07. The van der Waals surface area contributed by atoms with Crippen LogP contribution in [0.4, 0.5) is 0 Å². The van der Waals surface area contributed by atoms with Gasteiger partial charge in [-0.15, -0.1) is 0 Å². The van der Waals surface area contributed by atoms with Gasteiger partial charge in [0, 0.05) is 38.0 Å². The van der Waals surface area contributed by atoms with Gasteiger partial charge in [0.25, 0.3) is 0 Å². The Morgan fingerprint density at radius 2 is 1.52 bits per heavy atom. The molecule has 0 N–H and O–H groups in total. The van der Waals surface area contributed by atoms with E-state index < -0.39 is 40.0 Å². The number of nitrogens with zero attached hydrogens (tertiary/aromatic N) is 3. The van der Waals surface area contributed by atoms with E-state index in [2.05, 4.69) is 31.9 Å². The number of hydrogen-bond donors (Lipinski definition) is 0. The van der Waals surface area contributed by atoms with E-state index in [-0.39, 0.29) is 33.4 Å². The van der Waals surface area contributed by atoms with Crippen molar-refractivity contribution in [2.24, 2.45) is 0 Å². The second-order valence-electron chi connectivity index (χ2n) is 14.5. The van der Waals surface area contributed by atoms with Crippen molar-refractivity contribution >= 4 is 50.8 Å². The minimum absolute atomic E-state index is 0.0163. The van der Waals surface area contributed by atoms with Crippen LogP contribution in [0.3, 0.4) is 0 Å². The summed E-state index contributed by atoms with van der Waals surface area (Å²) in [5.74, 6) is 0.664. The molecule has 0 fully saturated rings. The molecule has 0 radical (unpaired) electrons. The molecule has 1 aliphatic rings. The number of aryl methyl sites for hydroxylation is 4. The predicted octanol–water partition coefficient (Wildman–Crippen LogP) is 12.1. The first-order valence-electron chi connectivity index (χ1n) is 22.7. The summed E-state index contributed by atoms with van der Waals surface area (Å²) in [5.41, 5.74) is 5.15. The van der Waals surface area contributed by atoms with Gasteiger partial charge in [-0.25, -0.2) is 9.97 Å². The lowest BCUT2D eigenvalue weighted by Crippen LogP contribution is -2.56. The maximum Gasteiger partial charge on any atom is 0.222 e. The Bertz CT molecular complexity index is 3170. The number of rotatable bonds is 4. The van der Waals surface area contributed by atoms with Gasteiger partial charge in [-0.05, 0) is 118 Å². The average molecular weight is 725 g/mol. The van der Waals surface area contributed by atoms with Gasteiger partial charge in [0.2, 0.25) is 5.88 Å². The van der Waals surface area contributed by atoms with Gasteiger partial charge < -0.3 is 4.74 Å². The molecule has 0 saturated heterocycles. The third-order valence-electron chi connectivity index (χ3n) is 11.3. The Hall–Kier alpha value is -5.04. The molecule has 0 atom stereocenters. The highest BCUT2D eigenvalue weighted by Crippen LogP contribution is 2.48. The first kappa shape index (κ1) is 22.8. The number of benzene rings is 5. The van der Waals surface area contributed by atoms with E-state index in [0.29, 0.717) is 38.8 Å². The minimum Gasteiger partial charge on any atom is -0.438 e. The zero-order valence-electron chi connectivity index (χ0n) is 40.5. The molecule has 0 spiro atoms. The van der Waals surface area contributed by atoms with E-state index in [1.54, 1.807) is 42.6 Å². The van der Waals surface area contributed by atoms with Gasteiger partial charge >= 0.3 is 0 Å². The zero-order chi connectivity index (χ0) is 45.4. The van der Waals surface area contributed by atoms with Gasteiger partial charge in [-0.2, -0.15) is 0 Å². The molecule has 3 aromatic heterocycles. The molecule has 4 nitrogen and oxygen atoms in total. The summed E-state index contributed by atoms with van der Waals surface area (Å²) >= 11 is 1.39. The summed E-state index contributed by atoms with van der Waals surface area (Å²) in [5, 5.41) is 0.435. The van der Waals surface area contributed by atoms with Gasteiger partial charge in [0.05, 0.1) is 29.3 Å². The van der Waals surface area contributed by atoms with Crippen molar-refractivity contribution in [3.63, 3.8) is 0 Å².